The molecule has 1 rings (SSSR count). The second kappa shape index (κ2) is 6.53. The summed E-state index contributed by atoms with van der Waals surface area (Å²) in [6.45, 7) is -0.757. The lowest BCUT2D eigenvalue weighted by Gasteiger charge is -2.18. The van der Waals surface area contributed by atoms with Crippen LogP contribution in [0.5, 0.6) is 0 Å². The van der Waals surface area contributed by atoms with Gasteiger partial charge in [0.15, 0.2) is 0 Å². The summed E-state index contributed by atoms with van der Waals surface area (Å²) in [5, 5.41) is 0. The van der Waals surface area contributed by atoms with E-state index in [0.717, 1.165) is 11.1 Å². The van der Waals surface area contributed by atoms with Crippen LogP contribution in [0.15, 0.2) is 24.3 Å². The van der Waals surface area contributed by atoms with Gasteiger partial charge in [0.2, 0.25) is 5.91 Å². The molecule has 0 spiro atoms. The summed E-state index contributed by atoms with van der Waals surface area (Å²) in [6, 6.07) is 6.80. The lowest BCUT2D eigenvalue weighted by Crippen LogP contribution is -2.31. The molecule has 0 aliphatic carbocycles. The second-order valence-corrected chi connectivity index (χ2v) is 4.35. The van der Waals surface area contributed by atoms with Crippen LogP contribution in [-0.2, 0) is 17.8 Å². The van der Waals surface area contributed by atoms with E-state index in [1.807, 2.05) is 5.43 Å². The van der Waals surface area contributed by atoms with Crippen molar-refractivity contribution in [3.63, 3.8) is 0 Å². The van der Waals surface area contributed by atoms with Gasteiger partial charge < -0.3 is 0 Å². The number of hydrogen-bond donors (Lipinski definition) is 2. The SMILES string of the molecule is CN(Cc1ccc(CC(=O)NN)cc1)CC(F)(F)F. The molecule has 0 aliphatic rings. The van der Waals surface area contributed by atoms with E-state index in [-0.39, 0.29) is 18.9 Å². The first kappa shape index (κ1) is 15.5. The van der Waals surface area contributed by atoms with E-state index in [9.17, 15) is 18.0 Å². The highest BCUT2D eigenvalue weighted by Crippen LogP contribution is 2.17. The average Bonchev–Trinajstić information content (AvgIpc) is 2.29. The topological polar surface area (TPSA) is 58.4 Å². The number of alkyl halides is 3. The zero-order chi connectivity index (χ0) is 14.5. The minimum absolute atomic E-state index is 0.148. The Bertz CT molecular complexity index is 417. The summed E-state index contributed by atoms with van der Waals surface area (Å²) < 4.78 is 36.5. The Morgan fingerprint density at radius 3 is 2.26 bits per heavy atom. The lowest BCUT2D eigenvalue weighted by atomic mass is 10.1. The highest BCUT2D eigenvalue weighted by Gasteiger charge is 2.28. The van der Waals surface area contributed by atoms with Gasteiger partial charge in [-0.2, -0.15) is 13.2 Å². The summed E-state index contributed by atoms with van der Waals surface area (Å²) in [5.41, 5.74) is 3.52. The number of carbonyl (C=O) groups excluding carboxylic acids is 1. The van der Waals surface area contributed by atoms with E-state index < -0.39 is 12.7 Å². The van der Waals surface area contributed by atoms with Crippen molar-refractivity contribution in [2.24, 2.45) is 5.84 Å². The number of rotatable bonds is 5. The van der Waals surface area contributed by atoms with Gasteiger partial charge in [0.1, 0.15) is 0 Å². The van der Waals surface area contributed by atoms with Crippen molar-refractivity contribution < 1.29 is 18.0 Å². The van der Waals surface area contributed by atoms with Crippen LogP contribution in [-0.4, -0.2) is 30.6 Å². The van der Waals surface area contributed by atoms with Crippen molar-refractivity contribution in [2.45, 2.75) is 19.1 Å². The van der Waals surface area contributed by atoms with Gasteiger partial charge in [-0.3, -0.25) is 15.1 Å². The molecule has 0 aliphatic heterocycles. The normalized spacial score (nSPS) is 11.7. The van der Waals surface area contributed by atoms with Gasteiger partial charge >= 0.3 is 6.18 Å². The molecule has 106 valence electrons. The summed E-state index contributed by atoms with van der Waals surface area (Å²) in [4.78, 5) is 12.2. The maximum absolute atomic E-state index is 12.2. The molecule has 0 unspecified atom stereocenters. The minimum Gasteiger partial charge on any atom is -0.294 e. The first-order chi connectivity index (χ1) is 8.80. The largest absolute Gasteiger partial charge is 0.401 e. The smallest absolute Gasteiger partial charge is 0.294 e. The number of carbonyl (C=O) groups is 1. The van der Waals surface area contributed by atoms with Crippen LogP contribution < -0.4 is 11.3 Å². The molecule has 19 heavy (non-hydrogen) atoms. The lowest BCUT2D eigenvalue weighted by molar-refractivity contribution is -0.144. The Kier molecular flexibility index (Phi) is 5.31. The van der Waals surface area contributed by atoms with Crippen LogP contribution in [0, 0.1) is 0 Å². The van der Waals surface area contributed by atoms with Crippen molar-refractivity contribution in [2.75, 3.05) is 13.6 Å². The Morgan fingerprint density at radius 1 is 1.26 bits per heavy atom. The van der Waals surface area contributed by atoms with Gasteiger partial charge in [0.05, 0.1) is 13.0 Å². The Balaban J connectivity index is 2.54. The number of nitrogens with one attached hydrogen (secondary N) is 1. The van der Waals surface area contributed by atoms with Crippen molar-refractivity contribution in [1.29, 1.82) is 0 Å². The summed E-state index contributed by atoms with van der Waals surface area (Å²) in [5.74, 6) is 4.64. The summed E-state index contributed by atoms with van der Waals surface area (Å²) in [6.07, 6.45) is -4.05. The second-order valence-electron chi connectivity index (χ2n) is 4.35. The molecule has 1 aromatic carbocycles. The molecule has 0 saturated carbocycles. The summed E-state index contributed by atoms with van der Waals surface area (Å²) >= 11 is 0. The van der Waals surface area contributed by atoms with Gasteiger partial charge in [0, 0.05) is 6.54 Å². The van der Waals surface area contributed by atoms with Crippen LogP contribution in [0.1, 0.15) is 11.1 Å². The number of benzene rings is 1. The molecule has 7 heteroatoms. The third-order valence-electron chi connectivity index (χ3n) is 2.45. The molecular formula is C12H16F3N3O. The predicted octanol–water partition coefficient (Wildman–Crippen LogP) is 1.21. The molecule has 0 saturated heterocycles. The fourth-order valence-corrected chi connectivity index (χ4v) is 1.67. The molecule has 0 aromatic heterocycles. The number of nitrogens with two attached hydrogens (primary N) is 1. The highest BCUT2D eigenvalue weighted by molar-refractivity contribution is 5.77. The maximum Gasteiger partial charge on any atom is 0.401 e. The van der Waals surface area contributed by atoms with Gasteiger partial charge in [-0.25, -0.2) is 5.84 Å². The monoisotopic (exact) mass is 275 g/mol. The summed E-state index contributed by atoms with van der Waals surface area (Å²) in [7, 11) is 1.41. The number of halogens is 3. The number of amides is 1. The van der Waals surface area contributed by atoms with Crippen molar-refractivity contribution in [3.05, 3.63) is 35.4 Å². The molecule has 0 bridgehead atoms. The molecule has 1 aromatic rings. The molecule has 3 N–H and O–H groups in total. The van der Waals surface area contributed by atoms with Crippen LogP contribution in [0.3, 0.4) is 0 Å². The van der Waals surface area contributed by atoms with Crippen LogP contribution in [0.2, 0.25) is 0 Å². The zero-order valence-corrected chi connectivity index (χ0v) is 10.5. The number of hydrazine groups is 1. The van der Waals surface area contributed by atoms with Gasteiger partial charge in [-0.05, 0) is 18.2 Å². The fraction of sp³-hybridized carbons (Fsp3) is 0.417. The molecule has 0 heterocycles. The van der Waals surface area contributed by atoms with Crippen molar-refractivity contribution >= 4 is 5.91 Å². The predicted molar refractivity (Wildman–Crippen MR) is 64.9 cm³/mol. The van der Waals surface area contributed by atoms with E-state index in [2.05, 4.69) is 0 Å². The third-order valence-corrected chi connectivity index (χ3v) is 2.45. The van der Waals surface area contributed by atoms with Crippen LogP contribution in [0.25, 0.3) is 0 Å². The van der Waals surface area contributed by atoms with Gasteiger partial charge in [0.25, 0.3) is 0 Å². The minimum atomic E-state index is -4.20. The van der Waals surface area contributed by atoms with Gasteiger partial charge in [-0.15, -0.1) is 0 Å². The van der Waals surface area contributed by atoms with Crippen LogP contribution in [0.4, 0.5) is 13.2 Å². The van der Waals surface area contributed by atoms with Crippen molar-refractivity contribution in [1.82, 2.24) is 10.3 Å². The quantitative estimate of drug-likeness (QED) is 0.482. The maximum atomic E-state index is 12.2. The zero-order valence-electron chi connectivity index (χ0n) is 10.5. The molecule has 1 amide bonds. The Hall–Kier alpha value is -1.60. The number of hydrogen-bond acceptors (Lipinski definition) is 3. The average molecular weight is 275 g/mol. The van der Waals surface area contributed by atoms with E-state index >= 15 is 0 Å². The van der Waals surface area contributed by atoms with Crippen molar-refractivity contribution in [3.8, 4) is 0 Å². The molecule has 4 nitrogen and oxygen atoms in total. The van der Waals surface area contributed by atoms with Gasteiger partial charge in [-0.1, -0.05) is 24.3 Å². The first-order valence-electron chi connectivity index (χ1n) is 5.62. The molecule has 0 fully saturated rings. The Labute approximate surface area is 109 Å². The number of nitrogens with zero attached hydrogens (tertiary/aromatic N) is 1. The molecule has 0 atom stereocenters. The fourth-order valence-electron chi connectivity index (χ4n) is 1.67. The third kappa shape index (κ3) is 6.21. The van der Waals surface area contributed by atoms with Crippen LogP contribution >= 0.6 is 0 Å². The van der Waals surface area contributed by atoms with E-state index in [0.29, 0.717) is 0 Å². The standard InChI is InChI=1S/C12H16F3N3O/c1-18(8-12(13,14)15)7-10-4-2-9(3-5-10)6-11(19)17-16/h2-5H,6-8,16H2,1H3,(H,17,19). The molecular weight excluding hydrogens is 259 g/mol. The highest BCUT2D eigenvalue weighted by atomic mass is 19.4. The molecule has 0 radical (unpaired) electrons. The van der Waals surface area contributed by atoms with E-state index in [4.69, 9.17) is 5.84 Å². The first-order valence-corrected chi connectivity index (χ1v) is 5.62. The Morgan fingerprint density at radius 2 is 1.79 bits per heavy atom. The van der Waals surface area contributed by atoms with E-state index in [1.165, 1.54) is 11.9 Å². The van der Waals surface area contributed by atoms with E-state index in [1.54, 1.807) is 24.3 Å².